The van der Waals surface area contributed by atoms with E-state index in [1.807, 2.05) is 13.3 Å². The SMILES string of the molecule is COCCP(C)(C)(CCOC)OC(=O)COC. The summed E-state index contributed by atoms with van der Waals surface area (Å²) in [5, 5.41) is 0. The predicted octanol–water partition coefficient (Wildman–Crippen LogP) is 1.20. The van der Waals surface area contributed by atoms with E-state index in [0.717, 1.165) is 12.3 Å². The molecule has 104 valence electrons. The van der Waals surface area contributed by atoms with E-state index in [2.05, 4.69) is 0 Å². The Morgan fingerprint density at radius 2 is 1.41 bits per heavy atom. The fourth-order valence-electron chi connectivity index (χ4n) is 1.45. The first-order valence-corrected chi connectivity index (χ1v) is 8.98. The molecule has 6 heteroatoms. The summed E-state index contributed by atoms with van der Waals surface area (Å²) in [5.74, 6) is -0.317. The summed E-state index contributed by atoms with van der Waals surface area (Å²) in [4.78, 5) is 11.6. The molecule has 0 rings (SSSR count). The topological polar surface area (TPSA) is 54.0 Å². The van der Waals surface area contributed by atoms with Crippen LogP contribution in [0.3, 0.4) is 0 Å². The third-order valence-corrected chi connectivity index (χ3v) is 6.64. The Kier molecular flexibility index (Phi) is 7.17. The molecule has 0 aromatic rings. The van der Waals surface area contributed by atoms with Gasteiger partial charge in [-0.1, -0.05) is 0 Å². The Hall–Kier alpha value is -0.220. The van der Waals surface area contributed by atoms with Crippen molar-refractivity contribution >= 4 is 12.8 Å². The van der Waals surface area contributed by atoms with Gasteiger partial charge >= 0.3 is 103 Å². The average Bonchev–Trinajstić information content (AvgIpc) is 2.24. The Bertz CT molecular complexity index is 230. The minimum absolute atomic E-state index is 0.0143. The molecular formula is C11H25O5P. The van der Waals surface area contributed by atoms with Crippen LogP contribution < -0.4 is 0 Å². The molecule has 0 atom stereocenters. The first kappa shape index (κ1) is 16.8. The predicted molar refractivity (Wildman–Crippen MR) is 70.2 cm³/mol. The van der Waals surface area contributed by atoms with Gasteiger partial charge in [0.1, 0.15) is 0 Å². The van der Waals surface area contributed by atoms with E-state index in [4.69, 9.17) is 18.7 Å². The second-order valence-electron chi connectivity index (χ2n) is 4.89. The molecule has 0 radical (unpaired) electrons. The van der Waals surface area contributed by atoms with Gasteiger partial charge in [0.15, 0.2) is 0 Å². The van der Waals surface area contributed by atoms with E-state index in [1.165, 1.54) is 7.11 Å². The number of hydrogen-bond donors (Lipinski definition) is 0. The molecule has 0 bridgehead atoms. The van der Waals surface area contributed by atoms with Gasteiger partial charge in [-0.25, -0.2) is 0 Å². The van der Waals surface area contributed by atoms with Gasteiger partial charge in [0, 0.05) is 0 Å². The monoisotopic (exact) mass is 268 g/mol. The van der Waals surface area contributed by atoms with Gasteiger partial charge in [-0.2, -0.15) is 0 Å². The van der Waals surface area contributed by atoms with E-state index in [1.54, 1.807) is 14.2 Å². The molecule has 0 aromatic heterocycles. The molecule has 0 saturated carbocycles. The van der Waals surface area contributed by atoms with Gasteiger partial charge in [-0.05, 0) is 0 Å². The van der Waals surface area contributed by atoms with E-state index >= 15 is 0 Å². The zero-order valence-corrected chi connectivity index (χ0v) is 12.4. The Morgan fingerprint density at radius 1 is 0.941 bits per heavy atom. The van der Waals surface area contributed by atoms with Crippen LogP contribution in [0.5, 0.6) is 0 Å². The summed E-state index contributed by atoms with van der Waals surface area (Å²) in [6, 6.07) is 0. The van der Waals surface area contributed by atoms with Crippen molar-refractivity contribution in [3.05, 3.63) is 0 Å². The quantitative estimate of drug-likeness (QED) is 0.588. The first-order chi connectivity index (χ1) is 7.86. The fraction of sp³-hybridized carbons (Fsp3) is 0.909. The molecule has 0 unspecified atom stereocenters. The van der Waals surface area contributed by atoms with Crippen molar-refractivity contribution in [3.63, 3.8) is 0 Å². The molecule has 0 aliphatic carbocycles. The van der Waals surface area contributed by atoms with Crippen molar-refractivity contribution in [3.8, 4) is 0 Å². The summed E-state index contributed by atoms with van der Waals surface area (Å²) in [5.41, 5.74) is 0. The van der Waals surface area contributed by atoms with Crippen molar-refractivity contribution in [2.75, 3.05) is 66.8 Å². The van der Waals surface area contributed by atoms with E-state index in [0.29, 0.717) is 13.2 Å². The molecule has 0 heterocycles. The minimum atomic E-state index is -2.55. The van der Waals surface area contributed by atoms with E-state index in [9.17, 15) is 4.79 Å². The molecular weight excluding hydrogens is 243 g/mol. The van der Waals surface area contributed by atoms with E-state index < -0.39 is 6.83 Å². The number of ether oxygens (including phenoxy) is 3. The average molecular weight is 268 g/mol. The van der Waals surface area contributed by atoms with Gasteiger partial charge in [-0.3, -0.25) is 0 Å². The molecule has 17 heavy (non-hydrogen) atoms. The standard InChI is InChI=1S/C11H25O5P/c1-13-6-8-17(4,5,9-7-14-2)16-11(12)10-15-3/h6-10H2,1-5H3. The summed E-state index contributed by atoms with van der Waals surface area (Å²) in [6.07, 6.45) is 1.47. The van der Waals surface area contributed by atoms with Gasteiger partial charge in [-0.15, -0.1) is 0 Å². The third kappa shape index (κ3) is 6.94. The van der Waals surface area contributed by atoms with Gasteiger partial charge in [0.25, 0.3) is 0 Å². The Balaban J connectivity index is 4.62. The van der Waals surface area contributed by atoms with Crippen LogP contribution in [-0.2, 0) is 23.5 Å². The van der Waals surface area contributed by atoms with Gasteiger partial charge in [0.05, 0.1) is 0 Å². The summed E-state index contributed by atoms with van der Waals surface area (Å²) in [7, 11) is 4.76. The zero-order chi connectivity index (χ0) is 13.4. The second-order valence-corrected chi connectivity index (χ2v) is 11.1. The van der Waals surface area contributed by atoms with Crippen molar-refractivity contribution in [2.24, 2.45) is 0 Å². The van der Waals surface area contributed by atoms with Crippen LogP contribution in [0.1, 0.15) is 0 Å². The van der Waals surface area contributed by atoms with Gasteiger partial charge < -0.3 is 0 Å². The third-order valence-electron chi connectivity index (χ3n) is 2.66. The number of methoxy groups -OCH3 is 3. The maximum atomic E-state index is 11.6. The van der Waals surface area contributed by atoms with Crippen LogP contribution in [-0.4, -0.2) is 72.8 Å². The molecule has 0 aliphatic rings. The van der Waals surface area contributed by atoms with Crippen LogP contribution in [0.25, 0.3) is 0 Å². The normalized spacial score (nSPS) is 14.1. The molecule has 0 spiro atoms. The maximum absolute atomic E-state index is 11.6. The molecule has 0 N–H and O–H groups in total. The van der Waals surface area contributed by atoms with Crippen LogP contribution in [0.2, 0.25) is 0 Å². The van der Waals surface area contributed by atoms with Crippen LogP contribution in [0, 0.1) is 0 Å². The number of carbonyl (C=O) groups is 1. The fourth-order valence-corrected chi connectivity index (χ4v) is 4.10. The van der Waals surface area contributed by atoms with Crippen LogP contribution >= 0.6 is 6.83 Å². The van der Waals surface area contributed by atoms with Crippen molar-refractivity contribution in [2.45, 2.75) is 0 Å². The summed E-state index contributed by atoms with van der Waals surface area (Å²) in [6.45, 7) is 2.65. The zero-order valence-electron chi connectivity index (χ0n) is 11.5. The first-order valence-electron chi connectivity index (χ1n) is 5.56. The Labute approximate surface area is 104 Å². The van der Waals surface area contributed by atoms with Crippen LogP contribution in [0.4, 0.5) is 0 Å². The number of hydrogen-bond acceptors (Lipinski definition) is 5. The summed E-state index contributed by atoms with van der Waals surface area (Å²) < 4.78 is 20.7. The molecule has 0 aromatic carbocycles. The number of rotatable bonds is 9. The van der Waals surface area contributed by atoms with E-state index in [-0.39, 0.29) is 12.6 Å². The summed E-state index contributed by atoms with van der Waals surface area (Å²) >= 11 is 0. The van der Waals surface area contributed by atoms with Crippen LogP contribution in [0.15, 0.2) is 0 Å². The Morgan fingerprint density at radius 3 is 1.76 bits per heavy atom. The van der Waals surface area contributed by atoms with Crippen molar-refractivity contribution < 1.29 is 23.5 Å². The van der Waals surface area contributed by atoms with Crippen molar-refractivity contribution in [1.82, 2.24) is 0 Å². The second kappa shape index (κ2) is 7.27. The molecule has 0 amide bonds. The van der Waals surface area contributed by atoms with Crippen molar-refractivity contribution in [1.29, 1.82) is 0 Å². The molecule has 5 nitrogen and oxygen atoms in total. The molecule has 0 aliphatic heterocycles. The molecule has 0 fully saturated rings. The number of carbonyl (C=O) groups excluding carboxylic acids is 1. The van der Waals surface area contributed by atoms with Gasteiger partial charge in [0.2, 0.25) is 0 Å². The molecule has 0 saturated heterocycles.